The van der Waals surface area contributed by atoms with E-state index in [4.69, 9.17) is 5.11 Å². The Morgan fingerprint density at radius 1 is 1.83 bits per heavy atom. The first kappa shape index (κ1) is 10.2. The Kier molecular flexibility index (Phi) is 10.3. The predicted molar refractivity (Wildman–Crippen MR) is 19.6 cm³/mol. The van der Waals surface area contributed by atoms with Crippen LogP contribution in [-0.4, -0.2) is 40.6 Å². The second-order valence-corrected chi connectivity index (χ2v) is 1.69. The fraction of sp³-hybridized carbons (Fsp3) is 0.500. The fourth-order valence-corrected chi connectivity index (χ4v) is 0. The van der Waals surface area contributed by atoms with Crippen LogP contribution in [0.3, 0.4) is 0 Å². The van der Waals surface area contributed by atoms with E-state index in [0.29, 0.717) is 5.02 Å². The SMILES string of the molecule is O=C(O)[CH2][Zn].[NaH]. The van der Waals surface area contributed by atoms with Gasteiger partial charge in [0.15, 0.2) is 0 Å². The molecule has 0 radical (unpaired) electrons. The van der Waals surface area contributed by atoms with E-state index in [1.165, 1.54) is 0 Å². The van der Waals surface area contributed by atoms with Gasteiger partial charge in [0.2, 0.25) is 0 Å². The van der Waals surface area contributed by atoms with Crippen LogP contribution in [0.4, 0.5) is 0 Å². The molecule has 2 nitrogen and oxygen atoms in total. The van der Waals surface area contributed by atoms with Gasteiger partial charge in [0.05, 0.1) is 0 Å². The van der Waals surface area contributed by atoms with Gasteiger partial charge in [-0.1, -0.05) is 0 Å². The van der Waals surface area contributed by atoms with E-state index in [9.17, 15) is 4.79 Å². The molecule has 0 bridgehead atoms. The molecule has 0 spiro atoms. The van der Waals surface area contributed by atoms with Crippen LogP contribution in [0, 0.1) is 0 Å². The van der Waals surface area contributed by atoms with Crippen molar-refractivity contribution in [3.8, 4) is 0 Å². The average molecular weight is 148 g/mol. The van der Waals surface area contributed by atoms with Crippen LogP contribution in [-0.2, 0) is 23.1 Å². The summed E-state index contributed by atoms with van der Waals surface area (Å²) >= 11 is 0.856. The summed E-state index contributed by atoms with van der Waals surface area (Å²) in [4.78, 5) is 9.40. The molecular weight excluding hydrogens is 144 g/mol. The first-order valence-corrected chi connectivity index (χ1v) is 3.38. The molecule has 4 heteroatoms. The van der Waals surface area contributed by atoms with E-state index < -0.39 is 5.97 Å². The van der Waals surface area contributed by atoms with Gasteiger partial charge in [0.1, 0.15) is 0 Å². The zero-order chi connectivity index (χ0) is 4.28. The number of carbonyl (C=O) groups is 1. The third-order valence-electron chi connectivity index (χ3n) is 0.214. The topological polar surface area (TPSA) is 37.3 Å². The quantitative estimate of drug-likeness (QED) is 0.504. The van der Waals surface area contributed by atoms with Crippen molar-refractivity contribution in [2.45, 2.75) is 5.02 Å². The Balaban J connectivity index is 0. The standard InChI is InChI=1S/C2H3O2.Na.Zn.H/c1-2(3)4;;;/h1H2,(H,3,4);;;. The molecule has 0 saturated heterocycles. The van der Waals surface area contributed by atoms with Crippen LogP contribution < -0.4 is 0 Å². The van der Waals surface area contributed by atoms with Crippen molar-refractivity contribution >= 4 is 35.5 Å². The molecule has 0 amide bonds. The van der Waals surface area contributed by atoms with E-state index in [-0.39, 0.29) is 29.6 Å². The van der Waals surface area contributed by atoms with Gasteiger partial charge in [-0.3, -0.25) is 0 Å². The number of hydrogen-bond donors (Lipinski definition) is 1. The van der Waals surface area contributed by atoms with Gasteiger partial charge in [-0.2, -0.15) is 0 Å². The Morgan fingerprint density at radius 2 is 2.00 bits per heavy atom. The zero-order valence-corrected chi connectivity index (χ0v) is 5.74. The van der Waals surface area contributed by atoms with E-state index in [1.54, 1.807) is 0 Å². The maximum absolute atomic E-state index is 9.40. The molecule has 0 aliphatic heterocycles. The molecule has 1 N–H and O–H groups in total. The molecule has 0 rings (SSSR count). The minimum absolute atomic E-state index is 0. The maximum atomic E-state index is 9.40. The van der Waals surface area contributed by atoms with Crippen LogP contribution in [0.25, 0.3) is 0 Å². The van der Waals surface area contributed by atoms with Gasteiger partial charge < -0.3 is 0 Å². The normalized spacial score (nSPS) is 6.33. The summed E-state index contributed by atoms with van der Waals surface area (Å²) in [7, 11) is 0. The molecule has 0 aromatic heterocycles. The van der Waals surface area contributed by atoms with Crippen molar-refractivity contribution in [1.82, 2.24) is 0 Å². The number of carboxylic acid groups (broad SMARTS) is 1. The number of hydrogen-bond acceptors (Lipinski definition) is 1. The number of carboxylic acids is 1. The zero-order valence-electron chi connectivity index (χ0n) is 2.77. The van der Waals surface area contributed by atoms with Gasteiger partial charge in [-0.25, -0.2) is 0 Å². The summed E-state index contributed by atoms with van der Waals surface area (Å²) in [5, 5.41) is 8.10. The Bertz CT molecular complexity index is 46.8. The Labute approximate surface area is 68.3 Å². The minimum atomic E-state index is -0.690. The van der Waals surface area contributed by atoms with Gasteiger partial charge in [-0.15, -0.1) is 0 Å². The first-order chi connectivity index (χ1) is 2.27. The van der Waals surface area contributed by atoms with Crippen molar-refractivity contribution in [2.24, 2.45) is 0 Å². The molecule has 6 heavy (non-hydrogen) atoms. The van der Waals surface area contributed by atoms with Crippen LogP contribution in [0.2, 0.25) is 5.02 Å². The van der Waals surface area contributed by atoms with Crippen LogP contribution >= 0.6 is 0 Å². The van der Waals surface area contributed by atoms with Gasteiger partial charge in [-0.05, 0) is 0 Å². The molecule has 0 aliphatic carbocycles. The summed E-state index contributed by atoms with van der Waals surface area (Å²) in [6.45, 7) is 0. The Hall–Kier alpha value is 1.09. The third kappa shape index (κ3) is 8.92. The van der Waals surface area contributed by atoms with Crippen LogP contribution in [0.5, 0.6) is 0 Å². The second-order valence-electron chi connectivity index (χ2n) is 0.644. The van der Waals surface area contributed by atoms with Crippen molar-refractivity contribution in [1.29, 1.82) is 0 Å². The van der Waals surface area contributed by atoms with E-state index >= 15 is 0 Å². The summed E-state index contributed by atoms with van der Waals surface area (Å²) in [6, 6.07) is 0. The fourth-order valence-electron chi connectivity index (χ4n) is 0. The molecule has 0 fully saturated rings. The summed E-state index contributed by atoms with van der Waals surface area (Å²) in [5.74, 6) is -0.690. The Morgan fingerprint density at radius 3 is 2.00 bits per heavy atom. The molecule has 0 unspecified atom stereocenters. The van der Waals surface area contributed by atoms with Crippen LogP contribution in [0.15, 0.2) is 0 Å². The molecule has 0 aliphatic rings. The second kappa shape index (κ2) is 6.09. The van der Waals surface area contributed by atoms with E-state index in [1.807, 2.05) is 0 Å². The van der Waals surface area contributed by atoms with Gasteiger partial charge in [0, 0.05) is 0 Å². The number of rotatable bonds is 1. The molecule has 27 valence electrons. The van der Waals surface area contributed by atoms with Gasteiger partial charge in [0.25, 0.3) is 0 Å². The van der Waals surface area contributed by atoms with E-state index in [0.717, 1.165) is 18.3 Å². The monoisotopic (exact) mass is 147 g/mol. The van der Waals surface area contributed by atoms with Crippen molar-refractivity contribution < 1.29 is 28.2 Å². The van der Waals surface area contributed by atoms with Gasteiger partial charge >= 0.3 is 68.7 Å². The van der Waals surface area contributed by atoms with Crippen molar-refractivity contribution in [3.05, 3.63) is 0 Å². The van der Waals surface area contributed by atoms with Crippen LogP contribution in [0.1, 0.15) is 0 Å². The summed E-state index contributed by atoms with van der Waals surface area (Å²) < 4.78 is 0. The summed E-state index contributed by atoms with van der Waals surface area (Å²) in [5.41, 5.74) is 0. The molecule has 0 saturated carbocycles. The molecule has 0 atom stereocenters. The van der Waals surface area contributed by atoms with Crippen molar-refractivity contribution in [2.75, 3.05) is 0 Å². The average Bonchev–Trinajstić information content (AvgIpc) is 1.38. The molecule has 0 aromatic rings. The molecule has 0 aromatic carbocycles. The molecular formula is C2H4NaO2Zn. The molecule has 0 heterocycles. The summed E-state index contributed by atoms with van der Waals surface area (Å²) in [6.07, 6.45) is 0. The number of aliphatic carboxylic acids is 1. The van der Waals surface area contributed by atoms with Crippen molar-refractivity contribution in [3.63, 3.8) is 0 Å². The first-order valence-electron chi connectivity index (χ1n) is 1.28. The van der Waals surface area contributed by atoms with E-state index in [2.05, 4.69) is 0 Å². The predicted octanol–water partition coefficient (Wildman–Crippen LogP) is -0.612. The third-order valence-corrected chi connectivity index (χ3v) is 1.11.